The topological polar surface area (TPSA) is 98.5 Å². The molecule has 1 amide bonds. The molecule has 0 spiro atoms. The van der Waals surface area contributed by atoms with E-state index in [1.165, 1.54) is 0 Å². The van der Waals surface area contributed by atoms with E-state index in [4.69, 9.17) is 14.6 Å². The zero-order valence-electron chi connectivity index (χ0n) is 14.6. The summed E-state index contributed by atoms with van der Waals surface area (Å²) < 4.78 is 13.4. The zero-order chi connectivity index (χ0) is 18.2. The van der Waals surface area contributed by atoms with Crippen molar-refractivity contribution in [3.05, 3.63) is 30.6 Å². The Morgan fingerprint density at radius 3 is 3.00 bits per heavy atom. The Labute approximate surface area is 152 Å². The van der Waals surface area contributed by atoms with Gasteiger partial charge < -0.3 is 19.9 Å². The molecular weight excluding hydrogens is 336 g/mol. The number of ether oxygens (including phenoxy) is 2. The molecule has 8 nitrogen and oxygen atoms in total. The zero-order valence-corrected chi connectivity index (χ0v) is 14.6. The lowest BCUT2D eigenvalue weighted by Gasteiger charge is -2.24. The summed E-state index contributed by atoms with van der Waals surface area (Å²) in [5.74, 6) is 0.694. The smallest absolute Gasteiger partial charge is 0.404 e. The van der Waals surface area contributed by atoms with E-state index in [9.17, 15) is 4.79 Å². The molecule has 0 aliphatic carbocycles. The molecule has 1 atom stereocenters. The number of aromatic nitrogens is 3. The molecule has 8 heteroatoms. The number of amides is 1. The second-order valence-corrected chi connectivity index (χ2v) is 6.15. The van der Waals surface area contributed by atoms with Crippen LogP contribution in [-0.4, -0.2) is 45.7 Å². The average molecular weight is 360 g/mol. The maximum atomic E-state index is 10.3. The average Bonchev–Trinajstić information content (AvgIpc) is 3.15. The van der Waals surface area contributed by atoms with E-state index >= 15 is 0 Å². The van der Waals surface area contributed by atoms with E-state index < -0.39 is 6.09 Å². The van der Waals surface area contributed by atoms with Gasteiger partial charge in [0.25, 0.3) is 0 Å². The highest BCUT2D eigenvalue weighted by molar-refractivity contribution is 5.64. The van der Waals surface area contributed by atoms with Crippen LogP contribution in [0.1, 0.15) is 38.3 Å². The van der Waals surface area contributed by atoms with Gasteiger partial charge in [0.1, 0.15) is 5.75 Å². The van der Waals surface area contributed by atoms with E-state index in [2.05, 4.69) is 15.4 Å². The predicted octanol–water partition coefficient (Wildman–Crippen LogP) is 3.07. The highest BCUT2D eigenvalue weighted by Crippen LogP contribution is 2.27. The molecule has 26 heavy (non-hydrogen) atoms. The molecular formula is C18H24N4O4. The van der Waals surface area contributed by atoms with Crippen LogP contribution in [0.25, 0.3) is 11.4 Å². The number of pyridine rings is 1. The Bertz CT molecular complexity index is 695. The minimum atomic E-state index is -0.997. The lowest BCUT2D eigenvalue weighted by molar-refractivity contribution is -0.0384. The minimum absolute atomic E-state index is 0.0223. The van der Waals surface area contributed by atoms with Gasteiger partial charge in [-0.15, -0.1) is 0 Å². The second-order valence-electron chi connectivity index (χ2n) is 6.15. The number of carboxylic acid groups (broad SMARTS) is 1. The van der Waals surface area contributed by atoms with Gasteiger partial charge >= 0.3 is 6.09 Å². The largest absolute Gasteiger partial charge is 0.492 e. The van der Waals surface area contributed by atoms with Crippen LogP contribution < -0.4 is 10.1 Å². The van der Waals surface area contributed by atoms with Crippen LogP contribution in [-0.2, 0) is 4.74 Å². The predicted molar refractivity (Wildman–Crippen MR) is 95.1 cm³/mol. The van der Waals surface area contributed by atoms with Crippen molar-refractivity contribution in [3.63, 3.8) is 0 Å². The third-order valence-electron chi connectivity index (χ3n) is 4.21. The lowest BCUT2D eigenvalue weighted by Crippen LogP contribution is -2.22. The molecule has 2 aromatic rings. The molecule has 0 aromatic carbocycles. The summed E-state index contributed by atoms with van der Waals surface area (Å²) in [6, 6.07) is 5.74. The van der Waals surface area contributed by atoms with Crippen molar-refractivity contribution in [3.8, 4) is 17.1 Å². The van der Waals surface area contributed by atoms with Crippen molar-refractivity contribution in [2.45, 2.75) is 38.3 Å². The highest BCUT2D eigenvalue weighted by Gasteiger charge is 2.19. The van der Waals surface area contributed by atoms with Gasteiger partial charge in [-0.3, -0.25) is 4.98 Å². The van der Waals surface area contributed by atoms with E-state index in [0.29, 0.717) is 18.9 Å². The van der Waals surface area contributed by atoms with E-state index in [0.717, 1.165) is 50.1 Å². The summed E-state index contributed by atoms with van der Waals surface area (Å²) in [6.07, 6.45) is 7.16. The number of unbranched alkanes of at least 4 members (excludes halogenated alkanes) is 1. The Kier molecular flexibility index (Phi) is 6.43. The number of hydrogen-bond donors (Lipinski definition) is 2. The number of carbonyl (C=O) groups is 1. The summed E-state index contributed by atoms with van der Waals surface area (Å²) in [7, 11) is 0. The fraction of sp³-hybridized carbons (Fsp3) is 0.500. The van der Waals surface area contributed by atoms with Gasteiger partial charge in [-0.1, -0.05) is 0 Å². The standard InChI is InChI=1S/C18H24N4O4/c23-18(24)19-9-2-4-11-25-14-6-7-15(20-13-14)16-8-10-21-22(16)17-5-1-3-12-26-17/h6-8,10,13,17,19H,1-5,9,11-12H2,(H,23,24). The van der Waals surface area contributed by atoms with Gasteiger partial charge in [0, 0.05) is 19.3 Å². The minimum Gasteiger partial charge on any atom is -0.492 e. The summed E-state index contributed by atoms with van der Waals surface area (Å²) in [5, 5.41) is 15.2. The van der Waals surface area contributed by atoms with Gasteiger partial charge in [-0.25, -0.2) is 9.48 Å². The number of nitrogens with zero attached hydrogens (tertiary/aromatic N) is 3. The van der Waals surface area contributed by atoms with Crippen LogP contribution in [0.3, 0.4) is 0 Å². The van der Waals surface area contributed by atoms with Crippen LogP contribution in [0.5, 0.6) is 5.75 Å². The van der Waals surface area contributed by atoms with Crippen LogP contribution in [0.4, 0.5) is 4.79 Å². The Balaban J connectivity index is 1.52. The molecule has 2 N–H and O–H groups in total. The summed E-state index contributed by atoms with van der Waals surface area (Å²) >= 11 is 0. The molecule has 140 valence electrons. The first-order valence-corrected chi connectivity index (χ1v) is 8.95. The van der Waals surface area contributed by atoms with Crippen molar-refractivity contribution in [2.75, 3.05) is 19.8 Å². The molecule has 1 saturated heterocycles. The Morgan fingerprint density at radius 2 is 2.27 bits per heavy atom. The molecule has 2 aromatic heterocycles. The van der Waals surface area contributed by atoms with Crippen LogP contribution in [0.2, 0.25) is 0 Å². The van der Waals surface area contributed by atoms with Crippen LogP contribution in [0.15, 0.2) is 30.6 Å². The summed E-state index contributed by atoms with van der Waals surface area (Å²) in [6.45, 7) is 1.73. The van der Waals surface area contributed by atoms with Gasteiger partial charge in [0.05, 0.1) is 24.2 Å². The third kappa shape index (κ3) is 4.95. The monoisotopic (exact) mass is 360 g/mol. The SMILES string of the molecule is O=C(O)NCCCCOc1ccc(-c2ccnn2C2CCCCO2)nc1. The lowest BCUT2D eigenvalue weighted by atomic mass is 10.2. The van der Waals surface area contributed by atoms with Crippen molar-refractivity contribution in [1.82, 2.24) is 20.1 Å². The fourth-order valence-electron chi connectivity index (χ4n) is 2.89. The summed E-state index contributed by atoms with van der Waals surface area (Å²) in [5.41, 5.74) is 1.76. The molecule has 1 aliphatic heterocycles. The Hall–Kier alpha value is -2.61. The molecule has 0 bridgehead atoms. The number of nitrogens with one attached hydrogen (secondary N) is 1. The molecule has 1 fully saturated rings. The van der Waals surface area contributed by atoms with Crippen LogP contribution >= 0.6 is 0 Å². The van der Waals surface area contributed by atoms with Crippen molar-refractivity contribution in [1.29, 1.82) is 0 Å². The van der Waals surface area contributed by atoms with Gasteiger partial charge in [0.15, 0.2) is 6.23 Å². The van der Waals surface area contributed by atoms with Crippen LogP contribution in [0, 0.1) is 0 Å². The molecule has 3 rings (SSSR count). The van der Waals surface area contributed by atoms with Crippen molar-refractivity contribution >= 4 is 6.09 Å². The van der Waals surface area contributed by atoms with E-state index in [-0.39, 0.29) is 6.23 Å². The molecule has 1 unspecified atom stereocenters. The maximum absolute atomic E-state index is 10.3. The first kappa shape index (κ1) is 18.2. The van der Waals surface area contributed by atoms with E-state index in [1.807, 2.05) is 22.9 Å². The number of hydrogen-bond acceptors (Lipinski definition) is 5. The maximum Gasteiger partial charge on any atom is 0.404 e. The molecule has 0 radical (unpaired) electrons. The highest BCUT2D eigenvalue weighted by atomic mass is 16.5. The number of rotatable bonds is 8. The molecule has 3 heterocycles. The normalized spacial score (nSPS) is 17.0. The van der Waals surface area contributed by atoms with Crippen molar-refractivity contribution in [2.24, 2.45) is 0 Å². The first-order valence-electron chi connectivity index (χ1n) is 8.95. The van der Waals surface area contributed by atoms with Gasteiger partial charge in [0.2, 0.25) is 0 Å². The van der Waals surface area contributed by atoms with E-state index in [1.54, 1.807) is 12.4 Å². The second kappa shape index (κ2) is 9.19. The summed E-state index contributed by atoms with van der Waals surface area (Å²) in [4.78, 5) is 14.8. The Morgan fingerprint density at radius 1 is 1.35 bits per heavy atom. The third-order valence-corrected chi connectivity index (χ3v) is 4.21. The van der Waals surface area contributed by atoms with Crippen molar-refractivity contribution < 1.29 is 19.4 Å². The quantitative estimate of drug-likeness (QED) is 0.702. The van der Waals surface area contributed by atoms with Gasteiger partial charge in [-0.05, 0) is 50.3 Å². The molecule has 1 aliphatic rings. The fourth-order valence-corrected chi connectivity index (χ4v) is 2.89. The first-order chi connectivity index (χ1) is 12.7. The van der Waals surface area contributed by atoms with Gasteiger partial charge in [-0.2, -0.15) is 5.10 Å². The molecule has 0 saturated carbocycles.